The van der Waals surface area contributed by atoms with Crippen LogP contribution in [0.25, 0.3) is 10.8 Å². The van der Waals surface area contributed by atoms with Crippen LogP contribution in [0.15, 0.2) is 60.9 Å². The van der Waals surface area contributed by atoms with Crippen LogP contribution in [0, 0.1) is 6.92 Å². The van der Waals surface area contributed by atoms with Crippen molar-refractivity contribution in [1.82, 2.24) is 9.97 Å². The number of hydrogen-bond acceptors (Lipinski definition) is 6. The summed E-state index contributed by atoms with van der Waals surface area (Å²) in [4.78, 5) is 44.6. The number of rotatable bonds is 4. The first kappa shape index (κ1) is 17.7. The molecule has 0 saturated carbocycles. The third kappa shape index (κ3) is 3.07. The van der Waals surface area contributed by atoms with Gasteiger partial charge in [0.15, 0.2) is 0 Å². The number of aryl methyl sites for hydroxylation is 1. The van der Waals surface area contributed by atoms with Gasteiger partial charge in [0, 0.05) is 23.4 Å². The fourth-order valence-electron chi connectivity index (χ4n) is 3.13. The zero-order valence-electron chi connectivity index (χ0n) is 15.0. The Morgan fingerprint density at radius 3 is 2.36 bits per heavy atom. The quantitative estimate of drug-likeness (QED) is 0.703. The highest BCUT2D eigenvalue weighted by molar-refractivity contribution is 6.00. The van der Waals surface area contributed by atoms with Crippen molar-refractivity contribution in [2.75, 3.05) is 0 Å². The number of esters is 2. The molecular formula is C21H16N2O5. The molecule has 0 unspecified atom stereocenters. The second-order valence-electron chi connectivity index (χ2n) is 6.43. The summed E-state index contributed by atoms with van der Waals surface area (Å²) in [6.45, 7) is 1.77. The summed E-state index contributed by atoms with van der Waals surface area (Å²) in [6, 6.07) is 12.6. The smallest absolute Gasteiger partial charge is 0.344 e. The van der Waals surface area contributed by atoms with E-state index in [1.165, 1.54) is 6.33 Å². The van der Waals surface area contributed by atoms with Gasteiger partial charge in [-0.3, -0.25) is 4.79 Å². The van der Waals surface area contributed by atoms with Crippen molar-refractivity contribution in [3.63, 3.8) is 0 Å². The number of fused-ring (bicyclic) bond motifs is 1. The molecule has 4 rings (SSSR count). The Hall–Kier alpha value is -3.74. The Bertz CT molecular complexity index is 1110. The van der Waals surface area contributed by atoms with Crippen LogP contribution in [-0.4, -0.2) is 27.7 Å². The molecule has 7 nitrogen and oxygen atoms in total. The third-order valence-corrected chi connectivity index (χ3v) is 4.60. The van der Waals surface area contributed by atoms with Crippen LogP contribution in [0.3, 0.4) is 0 Å². The van der Waals surface area contributed by atoms with E-state index in [2.05, 4.69) is 9.97 Å². The first-order chi connectivity index (χ1) is 13.5. The molecule has 0 atom stereocenters. The fourth-order valence-corrected chi connectivity index (χ4v) is 3.13. The van der Waals surface area contributed by atoms with E-state index in [0.717, 1.165) is 22.9 Å². The van der Waals surface area contributed by atoms with Gasteiger partial charge in [0.1, 0.15) is 0 Å². The van der Waals surface area contributed by atoms with Gasteiger partial charge in [-0.1, -0.05) is 36.4 Å². The van der Waals surface area contributed by atoms with Gasteiger partial charge in [-0.2, -0.15) is 0 Å². The molecule has 0 aliphatic carbocycles. The lowest BCUT2D eigenvalue weighted by atomic mass is 9.95. The maximum atomic E-state index is 13.3. The Balaban J connectivity index is 1.84. The molecule has 28 heavy (non-hydrogen) atoms. The molecule has 0 fully saturated rings. The minimum atomic E-state index is -2.19. The highest BCUT2D eigenvalue weighted by atomic mass is 16.7. The summed E-state index contributed by atoms with van der Waals surface area (Å²) in [5.74, 6) is -4.48. The van der Waals surface area contributed by atoms with E-state index in [1.54, 1.807) is 25.1 Å². The van der Waals surface area contributed by atoms with Crippen LogP contribution in [0.5, 0.6) is 0 Å². The summed E-state index contributed by atoms with van der Waals surface area (Å²) >= 11 is 0. The van der Waals surface area contributed by atoms with Crippen molar-refractivity contribution < 1.29 is 23.9 Å². The van der Waals surface area contributed by atoms with Crippen LogP contribution in [0.1, 0.15) is 17.0 Å². The van der Waals surface area contributed by atoms with Crippen molar-refractivity contribution >= 4 is 28.5 Å². The number of H-pyrrole nitrogens is 1. The number of imidazole rings is 1. The van der Waals surface area contributed by atoms with E-state index < -0.39 is 23.5 Å². The van der Waals surface area contributed by atoms with Crippen LogP contribution in [-0.2, 0) is 36.1 Å². The number of carbonyl (C=O) groups excluding carboxylic acids is 3. The summed E-state index contributed by atoms with van der Waals surface area (Å²) in [7, 11) is 0. The molecule has 2 heterocycles. The second-order valence-corrected chi connectivity index (χ2v) is 6.43. The number of Topliss-reactive ketones (excluding diaryl/α,β-unsaturated/α-hetero) is 1. The van der Waals surface area contributed by atoms with E-state index in [1.807, 2.05) is 24.3 Å². The first-order valence-corrected chi connectivity index (χ1v) is 8.63. The first-order valence-electron chi connectivity index (χ1n) is 8.63. The molecule has 0 spiro atoms. The molecular weight excluding hydrogens is 360 g/mol. The predicted octanol–water partition coefficient (Wildman–Crippen LogP) is 2.49. The highest BCUT2D eigenvalue weighted by Gasteiger charge is 2.49. The molecule has 2 aromatic carbocycles. The summed E-state index contributed by atoms with van der Waals surface area (Å²) in [5.41, 5.74) is 1.44. The van der Waals surface area contributed by atoms with E-state index in [0.29, 0.717) is 11.4 Å². The maximum absolute atomic E-state index is 13.3. The van der Waals surface area contributed by atoms with Gasteiger partial charge < -0.3 is 14.5 Å². The number of nitrogens with one attached hydrogen (secondary N) is 1. The number of aromatic amines is 1. The average Bonchev–Trinajstić information content (AvgIpc) is 3.02. The largest absolute Gasteiger partial charge is 0.408 e. The zero-order valence-corrected chi connectivity index (χ0v) is 15.0. The van der Waals surface area contributed by atoms with Crippen molar-refractivity contribution in [3.8, 4) is 0 Å². The molecule has 0 amide bonds. The van der Waals surface area contributed by atoms with Crippen molar-refractivity contribution in [3.05, 3.63) is 77.9 Å². The van der Waals surface area contributed by atoms with Crippen LogP contribution >= 0.6 is 0 Å². The number of hydrogen-bond donors (Lipinski definition) is 1. The molecule has 0 saturated heterocycles. The Morgan fingerprint density at radius 1 is 1.04 bits per heavy atom. The van der Waals surface area contributed by atoms with Gasteiger partial charge in [0.2, 0.25) is 5.78 Å². The second kappa shape index (κ2) is 6.77. The van der Waals surface area contributed by atoms with Crippen LogP contribution in [0.4, 0.5) is 0 Å². The molecule has 140 valence electrons. The van der Waals surface area contributed by atoms with Gasteiger partial charge in [-0.25, -0.2) is 14.6 Å². The van der Waals surface area contributed by atoms with Crippen molar-refractivity contribution in [2.24, 2.45) is 0 Å². The molecule has 3 aromatic rings. The van der Waals surface area contributed by atoms with E-state index in [9.17, 15) is 14.4 Å². The molecule has 1 aliphatic heterocycles. The average molecular weight is 376 g/mol. The van der Waals surface area contributed by atoms with Crippen LogP contribution < -0.4 is 0 Å². The third-order valence-electron chi connectivity index (χ3n) is 4.60. The number of cyclic esters (lactones) is 2. The van der Waals surface area contributed by atoms with Crippen molar-refractivity contribution in [1.29, 1.82) is 0 Å². The number of nitrogens with zero attached hydrogens (tertiary/aromatic N) is 1. The minimum absolute atomic E-state index is 0.178. The minimum Gasteiger partial charge on any atom is -0.408 e. The normalized spacial score (nSPS) is 15.8. The lowest BCUT2D eigenvalue weighted by Crippen LogP contribution is -2.44. The molecule has 7 heteroatoms. The van der Waals surface area contributed by atoms with Gasteiger partial charge in [-0.05, 0) is 23.8 Å². The standard InChI is InChI=1S/C21H16N2O5/c1-13-17(23-12-22-13)11-18(24)21(27-19(25)8-9-20(26)28-21)16-7-6-14-4-2-3-5-15(14)10-16/h2-10,12H,11H2,1H3,(H,22,23). The topological polar surface area (TPSA) is 98.4 Å². The van der Waals surface area contributed by atoms with Gasteiger partial charge >= 0.3 is 17.7 Å². The molecule has 1 N–H and O–H groups in total. The van der Waals surface area contributed by atoms with Crippen molar-refractivity contribution in [2.45, 2.75) is 19.1 Å². The SMILES string of the molecule is Cc1[nH]cnc1CC(=O)C1(c2ccc3ccccc3c2)OC(=O)C=CC(=O)O1. The van der Waals surface area contributed by atoms with E-state index in [-0.39, 0.29) is 12.0 Å². The van der Waals surface area contributed by atoms with E-state index in [4.69, 9.17) is 9.47 Å². The molecule has 1 aliphatic rings. The number of benzene rings is 2. The number of aromatic nitrogens is 2. The maximum Gasteiger partial charge on any atom is 0.344 e. The Kier molecular flexibility index (Phi) is 4.27. The predicted molar refractivity (Wildman–Crippen MR) is 99.0 cm³/mol. The van der Waals surface area contributed by atoms with Gasteiger partial charge in [-0.15, -0.1) is 0 Å². The van der Waals surface area contributed by atoms with E-state index >= 15 is 0 Å². The molecule has 0 bridgehead atoms. The zero-order chi connectivity index (χ0) is 19.7. The number of ether oxygens (including phenoxy) is 2. The Labute approximate surface area is 160 Å². The summed E-state index contributed by atoms with van der Waals surface area (Å²) in [5, 5.41) is 1.74. The lowest BCUT2D eigenvalue weighted by Gasteiger charge is -2.30. The summed E-state index contributed by atoms with van der Waals surface area (Å²) < 4.78 is 10.8. The summed E-state index contributed by atoms with van der Waals surface area (Å²) in [6.07, 6.45) is 3.17. The Morgan fingerprint density at radius 2 is 1.71 bits per heavy atom. The monoisotopic (exact) mass is 376 g/mol. The van der Waals surface area contributed by atoms with Crippen LogP contribution in [0.2, 0.25) is 0 Å². The molecule has 1 aromatic heterocycles. The lowest BCUT2D eigenvalue weighted by molar-refractivity contribution is -0.223. The number of ketones is 1. The van der Waals surface area contributed by atoms with Gasteiger partial charge in [0.25, 0.3) is 0 Å². The van der Waals surface area contributed by atoms with Gasteiger partial charge in [0.05, 0.1) is 18.4 Å². The highest BCUT2D eigenvalue weighted by Crippen LogP contribution is 2.34. The molecule has 0 radical (unpaired) electrons. The fraction of sp³-hybridized carbons (Fsp3) is 0.143. The number of carbonyl (C=O) groups is 3.